The number of hydrogen-bond donors (Lipinski definition) is 2. The molecule has 5 nitrogen and oxygen atoms in total. The maximum absolute atomic E-state index is 10.6. The Hall–Kier alpha value is -1.46. The van der Waals surface area contributed by atoms with E-state index in [2.05, 4.69) is 0 Å². The highest BCUT2D eigenvalue weighted by Crippen LogP contribution is 2.41. The van der Waals surface area contributed by atoms with Crippen LogP contribution in [0.2, 0.25) is 5.02 Å². The lowest BCUT2D eigenvalue weighted by Crippen LogP contribution is -2.15. The Morgan fingerprint density at radius 1 is 1.50 bits per heavy atom. The van der Waals surface area contributed by atoms with Crippen molar-refractivity contribution >= 4 is 17.6 Å². The molecule has 0 spiro atoms. The van der Waals surface area contributed by atoms with Crippen LogP contribution in [-0.4, -0.2) is 24.3 Å². The minimum Gasteiger partial charge on any atom is -0.489 e. The molecule has 1 unspecified atom stereocenters. The van der Waals surface area contributed by atoms with E-state index in [0.29, 0.717) is 36.2 Å². The summed E-state index contributed by atoms with van der Waals surface area (Å²) >= 11 is 6.27. The summed E-state index contributed by atoms with van der Waals surface area (Å²) in [5.74, 6) is 0.412. The number of nitrogens with two attached hydrogens (primary N) is 1. The smallest absolute Gasteiger partial charge is 0.303 e. The van der Waals surface area contributed by atoms with Crippen molar-refractivity contribution in [2.75, 3.05) is 13.2 Å². The summed E-state index contributed by atoms with van der Waals surface area (Å²) in [4.78, 5) is 10.6. The number of carbonyl (C=O) groups is 1. The largest absolute Gasteiger partial charge is 0.489 e. The van der Waals surface area contributed by atoms with Gasteiger partial charge in [-0.15, -0.1) is 0 Å². The maximum atomic E-state index is 10.6. The Morgan fingerprint density at radius 2 is 2.20 bits per heavy atom. The molecule has 6 heteroatoms. The Kier molecular flexibility index (Phi) is 4.73. The van der Waals surface area contributed by atoms with Crippen molar-refractivity contribution in [2.45, 2.75) is 32.2 Å². The summed E-state index contributed by atoms with van der Waals surface area (Å²) in [6, 6.07) is 1.27. The van der Waals surface area contributed by atoms with Gasteiger partial charge in [0.2, 0.25) is 0 Å². The lowest BCUT2D eigenvalue weighted by molar-refractivity contribution is -0.137. The lowest BCUT2D eigenvalue weighted by atomic mass is 9.97. The first-order chi connectivity index (χ1) is 9.50. The van der Waals surface area contributed by atoms with Gasteiger partial charge in [-0.05, 0) is 18.9 Å². The average Bonchev–Trinajstić information content (AvgIpc) is 2.61. The van der Waals surface area contributed by atoms with Gasteiger partial charge in [0, 0.05) is 35.5 Å². The molecule has 0 bridgehead atoms. The summed E-state index contributed by atoms with van der Waals surface area (Å²) < 4.78 is 11.3. The third-order valence-corrected chi connectivity index (χ3v) is 3.63. The van der Waals surface area contributed by atoms with Crippen molar-refractivity contribution in [3.05, 3.63) is 22.2 Å². The molecule has 0 fully saturated rings. The average molecular weight is 300 g/mol. The molecule has 1 aliphatic rings. The number of carboxylic acids is 1. The van der Waals surface area contributed by atoms with Crippen molar-refractivity contribution < 1.29 is 19.4 Å². The molecule has 1 aromatic carbocycles. The van der Waals surface area contributed by atoms with Crippen LogP contribution in [0.25, 0.3) is 0 Å². The number of carboxylic acid groups (broad SMARTS) is 1. The van der Waals surface area contributed by atoms with Crippen molar-refractivity contribution in [2.24, 2.45) is 5.73 Å². The van der Waals surface area contributed by atoms with E-state index in [1.165, 1.54) is 0 Å². The fourth-order valence-electron chi connectivity index (χ4n) is 2.33. The molecule has 0 amide bonds. The van der Waals surface area contributed by atoms with Crippen LogP contribution < -0.4 is 15.2 Å². The molecule has 1 heterocycles. The van der Waals surface area contributed by atoms with Crippen LogP contribution in [-0.2, 0) is 4.79 Å². The maximum Gasteiger partial charge on any atom is 0.303 e. The standard InChI is InChI=1S/C14H18ClNO4/c1-8-13(10(16)3-4-12(17)18)9(15)7-11-14(8)20-6-2-5-19-11/h7,10H,2-6,16H2,1H3,(H,17,18). The topological polar surface area (TPSA) is 81.8 Å². The molecule has 1 atom stereocenters. The van der Waals surface area contributed by atoms with E-state index in [1.54, 1.807) is 6.07 Å². The Morgan fingerprint density at radius 3 is 2.90 bits per heavy atom. The predicted molar refractivity (Wildman–Crippen MR) is 75.6 cm³/mol. The first-order valence-corrected chi connectivity index (χ1v) is 6.94. The van der Waals surface area contributed by atoms with Crippen molar-refractivity contribution in [3.63, 3.8) is 0 Å². The van der Waals surface area contributed by atoms with Gasteiger partial charge >= 0.3 is 5.97 Å². The lowest BCUT2D eigenvalue weighted by Gasteiger charge is -2.20. The molecule has 0 aliphatic carbocycles. The number of ether oxygens (including phenoxy) is 2. The van der Waals surface area contributed by atoms with Gasteiger partial charge in [0.25, 0.3) is 0 Å². The molecular weight excluding hydrogens is 282 g/mol. The van der Waals surface area contributed by atoms with Crippen LogP contribution in [0.5, 0.6) is 11.5 Å². The molecule has 0 aromatic heterocycles. The number of aliphatic carboxylic acids is 1. The minimum absolute atomic E-state index is 0.00533. The monoisotopic (exact) mass is 299 g/mol. The molecule has 1 aliphatic heterocycles. The molecule has 3 N–H and O–H groups in total. The van der Waals surface area contributed by atoms with Gasteiger partial charge in [0.1, 0.15) is 0 Å². The van der Waals surface area contributed by atoms with E-state index in [4.69, 9.17) is 31.9 Å². The zero-order valence-corrected chi connectivity index (χ0v) is 12.1. The Labute approximate surface area is 122 Å². The molecule has 1 aromatic rings. The number of halogens is 1. The van der Waals surface area contributed by atoms with Crippen LogP contribution in [0.4, 0.5) is 0 Å². The van der Waals surface area contributed by atoms with E-state index in [9.17, 15) is 4.79 Å². The van der Waals surface area contributed by atoms with E-state index >= 15 is 0 Å². The van der Waals surface area contributed by atoms with Crippen LogP contribution in [0.15, 0.2) is 6.07 Å². The fourth-order valence-corrected chi connectivity index (χ4v) is 2.71. The molecule has 20 heavy (non-hydrogen) atoms. The highest BCUT2D eigenvalue weighted by molar-refractivity contribution is 6.31. The summed E-state index contributed by atoms with van der Waals surface area (Å²) in [7, 11) is 0. The van der Waals surface area contributed by atoms with Gasteiger partial charge in [-0.25, -0.2) is 0 Å². The van der Waals surface area contributed by atoms with E-state index in [1.807, 2.05) is 6.92 Å². The second kappa shape index (κ2) is 6.33. The van der Waals surface area contributed by atoms with Crippen molar-refractivity contribution in [1.82, 2.24) is 0 Å². The highest BCUT2D eigenvalue weighted by Gasteiger charge is 2.22. The first kappa shape index (κ1) is 14.9. The van der Waals surface area contributed by atoms with Crippen molar-refractivity contribution in [1.29, 1.82) is 0 Å². The zero-order valence-electron chi connectivity index (χ0n) is 11.3. The zero-order chi connectivity index (χ0) is 14.7. The highest BCUT2D eigenvalue weighted by atomic mass is 35.5. The Balaban J connectivity index is 2.33. The van der Waals surface area contributed by atoms with Crippen LogP contribution in [0.1, 0.15) is 36.4 Å². The molecule has 0 radical (unpaired) electrons. The van der Waals surface area contributed by atoms with Gasteiger partial charge in [-0.2, -0.15) is 0 Å². The third kappa shape index (κ3) is 3.16. The van der Waals surface area contributed by atoms with Crippen molar-refractivity contribution in [3.8, 4) is 11.5 Å². The second-order valence-corrected chi connectivity index (χ2v) is 5.22. The van der Waals surface area contributed by atoms with Gasteiger partial charge in [0.05, 0.1) is 13.2 Å². The number of benzene rings is 1. The van der Waals surface area contributed by atoms with Crippen LogP contribution >= 0.6 is 11.6 Å². The fraction of sp³-hybridized carbons (Fsp3) is 0.500. The minimum atomic E-state index is -0.872. The SMILES string of the molecule is Cc1c2c(cc(Cl)c1C(N)CCC(=O)O)OCCCO2. The number of fused-ring (bicyclic) bond motifs is 1. The van der Waals surface area contributed by atoms with Crippen LogP contribution in [0, 0.1) is 6.92 Å². The van der Waals surface area contributed by atoms with Gasteiger partial charge < -0.3 is 20.3 Å². The van der Waals surface area contributed by atoms with Gasteiger partial charge in [0.15, 0.2) is 11.5 Å². The number of hydrogen-bond acceptors (Lipinski definition) is 4. The van der Waals surface area contributed by atoms with E-state index in [-0.39, 0.29) is 6.42 Å². The summed E-state index contributed by atoms with van der Waals surface area (Å²) in [5.41, 5.74) is 7.63. The quantitative estimate of drug-likeness (QED) is 0.893. The summed E-state index contributed by atoms with van der Waals surface area (Å²) in [6.45, 7) is 3.04. The Bertz CT molecular complexity index is 518. The molecule has 2 rings (SSSR count). The predicted octanol–water partition coefficient (Wildman–Crippen LogP) is 2.67. The second-order valence-electron chi connectivity index (χ2n) is 4.81. The molecular formula is C14H18ClNO4. The molecule has 110 valence electrons. The van der Waals surface area contributed by atoms with E-state index < -0.39 is 12.0 Å². The summed E-state index contributed by atoms with van der Waals surface area (Å²) in [6.07, 6.45) is 1.15. The third-order valence-electron chi connectivity index (χ3n) is 3.32. The van der Waals surface area contributed by atoms with Gasteiger partial charge in [-0.1, -0.05) is 11.6 Å². The van der Waals surface area contributed by atoms with Crippen LogP contribution in [0.3, 0.4) is 0 Å². The van der Waals surface area contributed by atoms with E-state index in [0.717, 1.165) is 17.5 Å². The molecule has 0 saturated heterocycles. The first-order valence-electron chi connectivity index (χ1n) is 6.56. The van der Waals surface area contributed by atoms with Gasteiger partial charge in [-0.3, -0.25) is 4.79 Å². The number of rotatable bonds is 4. The molecule has 0 saturated carbocycles. The summed E-state index contributed by atoms with van der Waals surface area (Å²) in [5, 5.41) is 9.23. The normalized spacial score (nSPS) is 15.6.